The van der Waals surface area contributed by atoms with Crippen molar-refractivity contribution in [1.82, 2.24) is 4.98 Å². The monoisotopic (exact) mass is 360 g/mol. The molecule has 0 spiro atoms. The van der Waals surface area contributed by atoms with E-state index in [0.29, 0.717) is 22.4 Å². The molecule has 0 aliphatic heterocycles. The highest BCUT2D eigenvalue weighted by molar-refractivity contribution is 5.91. The van der Waals surface area contributed by atoms with Gasteiger partial charge in [-0.15, -0.1) is 0 Å². The highest BCUT2D eigenvalue weighted by Gasteiger charge is 2.16. The van der Waals surface area contributed by atoms with Crippen LogP contribution in [-0.4, -0.2) is 21.1 Å². The number of nitriles is 1. The Morgan fingerprint density at radius 2 is 1.85 bits per heavy atom. The van der Waals surface area contributed by atoms with Crippen LogP contribution in [0.15, 0.2) is 48.5 Å². The number of carbonyl (C=O) groups excluding carboxylic acids is 1. The zero-order chi connectivity index (χ0) is 19.6. The summed E-state index contributed by atoms with van der Waals surface area (Å²) < 4.78 is 0. The molecule has 1 aromatic heterocycles. The highest BCUT2D eigenvalue weighted by Crippen LogP contribution is 2.36. The summed E-state index contributed by atoms with van der Waals surface area (Å²) >= 11 is 0. The number of nitrogen functional groups attached to an aromatic ring is 1. The molecule has 7 nitrogen and oxygen atoms in total. The Hall–Kier alpha value is -4.05. The first-order valence-corrected chi connectivity index (χ1v) is 8.00. The summed E-state index contributed by atoms with van der Waals surface area (Å²) in [4.78, 5) is 15.4. The first-order valence-electron chi connectivity index (χ1n) is 8.00. The quantitative estimate of drug-likeness (QED) is 0.530. The zero-order valence-electron chi connectivity index (χ0n) is 14.4. The molecular weight excluding hydrogens is 344 g/mol. The molecule has 3 rings (SSSR count). The third kappa shape index (κ3) is 3.50. The Morgan fingerprint density at radius 3 is 2.48 bits per heavy atom. The SMILES string of the molecule is CC(=O)Nc1ccc(-c2cc(-c3ccccc3O)nc(N)c2C#N)cc1O. The zero-order valence-corrected chi connectivity index (χ0v) is 14.4. The van der Waals surface area contributed by atoms with Crippen molar-refractivity contribution in [1.29, 1.82) is 5.26 Å². The van der Waals surface area contributed by atoms with Crippen molar-refractivity contribution in [2.24, 2.45) is 0 Å². The van der Waals surface area contributed by atoms with Gasteiger partial charge in [-0.2, -0.15) is 5.26 Å². The fraction of sp³-hybridized carbons (Fsp3) is 0.0500. The van der Waals surface area contributed by atoms with Crippen molar-refractivity contribution in [2.45, 2.75) is 6.92 Å². The number of nitrogens with two attached hydrogens (primary N) is 1. The summed E-state index contributed by atoms with van der Waals surface area (Å²) in [5.74, 6) is -0.417. The maximum Gasteiger partial charge on any atom is 0.221 e. The van der Waals surface area contributed by atoms with E-state index in [1.54, 1.807) is 30.3 Å². The van der Waals surface area contributed by atoms with Crippen LogP contribution in [0.2, 0.25) is 0 Å². The van der Waals surface area contributed by atoms with Crippen LogP contribution in [0.3, 0.4) is 0 Å². The number of phenolic OH excluding ortho intramolecular Hbond substituents is 2. The van der Waals surface area contributed by atoms with Crippen LogP contribution in [0, 0.1) is 11.3 Å². The fourth-order valence-electron chi connectivity index (χ4n) is 2.73. The number of hydrogen-bond donors (Lipinski definition) is 4. The van der Waals surface area contributed by atoms with Gasteiger partial charge in [0.15, 0.2) is 0 Å². The summed E-state index contributed by atoms with van der Waals surface area (Å²) in [5.41, 5.74) is 8.20. The van der Waals surface area contributed by atoms with Crippen LogP contribution in [-0.2, 0) is 4.79 Å². The third-order valence-electron chi connectivity index (χ3n) is 3.96. The molecular formula is C20H16N4O3. The van der Waals surface area contributed by atoms with E-state index < -0.39 is 0 Å². The standard InChI is InChI=1S/C20H16N4O3/c1-11(25)23-16-7-6-12(8-19(16)27)14-9-17(24-20(22)15(14)10-21)13-4-2-3-5-18(13)26/h2-9,26-27H,1H3,(H2,22,24)(H,23,25). The molecule has 0 fully saturated rings. The first-order chi connectivity index (χ1) is 12.9. The van der Waals surface area contributed by atoms with Gasteiger partial charge in [-0.25, -0.2) is 4.98 Å². The molecule has 0 aliphatic carbocycles. The van der Waals surface area contributed by atoms with Gasteiger partial charge in [0.25, 0.3) is 0 Å². The second-order valence-corrected chi connectivity index (χ2v) is 5.86. The smallest absolute Gasteiger partial charge is 0.221 e. The number of nitrogens with one attached hydrogen (secondary N) is 1. The number of phenols is 2. The molecule has 0 atom stereocenters. The highest BCUT2D eigenvalue weighted by atomic mass is 16.3. The molecule has 1 heterocycles. The number of aromatic nitrogens is 1. The van der Waals surface area contributed by atoms with Gasteiger partial charge in [0.05, 0.1) is 11.4 Å². The number of nitrogens with zero attached hydrogens (tertiary/aromatic N) is 2. The number of para-hydroxylation sites is 1. The van der Waals surface area contributed by atoms with Crippen LogP contribution in [0.1, 0.15) is 12.5 Å². The molecule has 0 unspecified atom stereocenters. The summed E-state index contributed by atoms with van der Waals surface area (Å²) in [5, 5.41) is 32.3. The van der Waals surface area contributed by atoms with Gasteiger partial charge in [-0.05, 0) is 35.9 Å². The first kappa shape index (κ1) is 17.8. The predicted molar refractivity (Wildman–Crippen MR) is 102 cm³/mol. The van der Waals surface area contributed by atoms with Crippen LogP contribution in [0.4, 0.5) is 11.5 Å². The lowest BCUT2D eigenvalue weighted by atomic mass is 9.97. The molecule has 1 amide bonds. The van der Waals surface area contributed by atoms with Gasteiger partial charge in [-0.1, -0.05) is 18.2 Å². The second kappa shape index (κ2) is 7.06. The maximum atomic E-state index is 11.2. The summed E-state index contributed by atoms with van der Waals surface area (Å²) in [6.07, 6.45) is 0. The van der Waals surface area contributed by atoms with Crippen LogP contribution < -0.4 is 11.1 Å². The molecule has 0 saturated heterocycles. The Labute approximate surface area is 155 Å². The molecule has 5 N–H and O–H groups in total. The minimum Gasteiger partial charge on any atom is -0.507 e. The minimum absolute atomic E-state index is 0.0127. The Balaban J connectivity index is 2.18. The van der Waals surface area contributed by atoms with Gasteiger partial charge in [0.2, 0.25) is 5.91 Å². The van der Waals surface area contributed by atoms with Gasteiger partial charge in [0.1, 0.15) is 28.9 Å². The van der Waals surface area contributed by atoms with E-state index in [-0.39, 0.29) is 34.5 Å². The normalized spacial score (nSPS) is 10.2. The number of hydrogen-bond acceptors (Lipinski definition) is 6. The van der Waals surface area contributed by atoms with E-state index in [4.69, 9.17) is 5.73 Å². The summed E-state index contributed by atoms with van der Waals surface area (Å²) in [7, 11) is 0. The number of carbonyl (C=O) groups is 1. The Bertz CT molecular complexity index is 1090. The topological polar surface area (TPSA) is 132 Å². The van der Waals surface area contributed by atoms with Gasteiger partial charge >= 0.3 is 0 Å². The van der Waals surface area contributed by atoms with E-state index >= 15 is 0 Å². The van der Waals surface area contributed by atoms with Gasteiger partial charge in [0, 0.05) is 18.1 Å². The number of pyridine rings is 1. The van der Waals surface area contributed by atoms with Crippen LogP contribution in [0.25, 0.3) is 22.4 Å². The van der Waals surface area contributed by atoms with Crippen molar-refractivity contribution >= 4 is 17.4 Å². The molecule has 0 radical (unpaired) electrons. The van der Waals surface area contributed by atoms with Crippen molar-refractivity contribution in [3.63, 3.8) is 0 Å². The molecule has 0 saturated carbocycles. The minimum atomic E-state index is -0.314. The average Bonchev–Trinajstić information content (AvgIpc) is 2.63. The number of anilines is 2. The molecule has 3 aromatic rings. The van der Waals surface area contributed by atoms with Crippen LogP contribution >= 0.6 is 0 Å². The fourth-order valence-corrected chi connectivity index (χ4v) is 2.73. The molecule has 7 heteroatoms. The number of amides is 1. The van der Waals surface area contributed by atoms with Gasteiger partial charge in [-0.3, -0.25) is 4.79 Å². The van der Waals surface area contributed by atoms with Gasteiger partial charge < -0.3 is 21.3 Å². The lowest BCUT2D eigenvalue weighted by Gasteiger charge is -2.12. The van der Waals surface area contributed by atoms with Crippen molar-refractivity contribution in [3.8, 4) is 40.0 Å². The molecule has 0 bridgehead atoms. The van der Waals surface area contributed by atoms with Crippen molar-refractivity contribution in [2.75, 3.05) is 11.1 Å². The maximum absolute atomic E-state index is 11.2. The second-order valence-electron chi connectivity index (χ2n) is 5.86. The summed E-state index contributed by atoms with van der Waals surface area (Å²) in [6, 6.07) is 14.9. The molecule has 0 aliphatic rings. The number of aromatic hydroxyl groups is 2. The third-order valence-corrected chi connectivity index (χ3v) is 3.96. The van der Waals surface area contributed by atoms with E-state index in [1.165, 1.54) is 25.1 Å². The molecule has 2 aromatic carbocycles. The lowest BCUT2D eigenvalue weighted by molar-refractivity contribution is -0.114. The number of rotatable bonds is 3. The van der Waals surface area contributed by atoms with Crippen molar-refractivity contribution in [3.05, 3.63) is 54.1 Å². The Kier molecular flexibility index (Phi) is 4.64. The largest absolute Gasteiger partial charge is 0.507 e. The van der Waals surface area contributed by atoms with E-state index in [9.17, 15) is 20.3 Å². The van der Waals surface area contributed by atoms with Crippen molar-refractivity contribution < 1.29 is 15.0 Å². The average molecular weight is 360 g/mol. The number of benzene rings is 2. The molecule has 27 heavy (non-hydrogen) atoms. The predicted octanol–water partition coefficient (Wildman–Crippen LogP) is 3.24. The summed E-state index contributed by atoms with van der Waals surface area (Å²) in [6.45, 7) is 1.34. The molecule has 134 valence electrons. The lowest BCUT2D eigenvalue weighted by Crippen LogP contribution is -2.05. The van der Waals surface area contributed by atoms with Crippen LogP contribution in [0.5, 0.6) is 11.5 Å². The van der Waals surface area contributed by atoms with E-state index in [2.05, 4.69) is 10.3 Å². The van der Waals surface area contributed by atoms with E-state index in [0.717, 1.165) is 0 Å². The van der Waals surface area contributed by atoms with E-state index in [1.807, 2.05) is 6.07 Å². The Morgan fingerprint density at radius 1 is 1.11 bits per heavy atom.